The first-order valence-corrected chi connectivity index (χ1v) is 7.30. The molecule has 0 aromatic heterocycles. The minimum atomic E-state index is 0. The summed E-state index contributed by atoms with van der Waals surface area (Å²) in [5.74, 6) is 0.833. The lowest BCUT2D eigenvalue weighted by Crippen LogP contribution is -2.37. The molecule has 0 bridgehead atoms. The Kier molecular flexibility index (Phi) is 5.58. The Morgan fingerprint density at radius 1 is 1.09 bits per heavy atom. The van der Waals surface area contributed by atoms with Crippen molar-refractivity contribution in [3.63, 3.8) is 0 Å². The normalized spacial score (nSPS) is 18.4. The van der Waals surface area contributed by atoms with Crippen LogP contribution in [0.3, 0.4) is 0 Å². The van der Waals surface area contributed by atoms with Crippen LogP contribution in [0.1, 0.15) is 35.3 Å². The van der Waals surface area contributed by atoms with Crippen LogP contribution in [-0.2, 0) is 0 Å². The second-order valence-corrected chi connectivity index (χ2v) is 5.43. The number of fused-ring (bicyclic) bond motifs is 1. The van der Waals surface area contributed by atoms with Crippen LogP contribution in [0.2, 0.25) is 0 Å². The summed E-state index contributed by atoms with van der Waals surface area (Å²) in [4.78, 5) is 12.3. The quantitative estimate of drug-likeness (QED) is 0.936. The number of carbonyl (C=O) groups excluding carboxylic acids is 1. The van der Waals surface area contributed by atoms with Crippen LogP contribution in [0.15, 0.2) is 54.6 Å². The van der Waals surface area contributed by atoms with E-state index in [9.17, 15) is 4.79 Å². The molecular formula is C18H20ClNO2. The van der Waals surface area contributed by atoms with Gasteiger partial charge in [0, 0.05) is 18.5 Å². The second kappa shape index (κ2) is 7.43. The van der Waals surface area contributed by atoms with Gasteiger partial charge in [0.05, 0.1) is 5.56 Å². The Bertz CT molecular complexity index is 630. The molecule has 1 aliphatic rings. The van der Waals surface area contributed by atoms with Crippen molar-refractivity contribution >= 4 is 18.2 Å². The third-order valence-corrected chi connectivity index (χ3v) is 3.84. The van der Waals surface area contributed by atoms with E-state index in [0.29, 0.717) is 24.3 Å². The molecule has 0 saturated carbocycles. The number of ether oxygens (including phenoxy) is 1. The number of ketones is 1. The van der Waals surface area contributed by atoms with E-state index in [1.807, 2.05) is 42.5 Å². The number of halogens is 1. The SMILES string of the molecule is CC(NC1COc2ccccc2C(=O)C1)c1ccccc1.Cl. The van der Waals surface area contributed by atoms with E-state index in [0.717, 1.165) is 0 Å². The topological polar surface area (TPSA) is 38.3 Å². The molecule has 2 aromatic rings. The van der Waals surface area contributed by atoms with Gasteiger partial charge in [-0.1, -0.05) is 42.5 Å². The lowest BCUT2D eigenvalue weighted by atomic mass is 10.0. The van der Waals surface area contributed by atoms with Gasteiger partial charge in [-0.05, 0) is 24.6 Å². The molecule has 3 rings (SSSR count). The molecule has 0 fully saturated rings. The molecule has 4 heteroatoms. The number of nitrogens with one attached hydrogen (secondary N) is 1. The summed E-state index contributed by atoms with van der Waals surface area (Å²) in [5, 5.41) is 3.49. The molecule has 1 N–H and O–H groups in total. The highest BCUT2D eigenvalue weighted by Gasteiger charge is 2.24. The Labute approximate surface area is 137 Å². The fourth-order valence-corrected chi connectivity index (χ4v) is 2.70. The maximum atomic E-state index is 12.3. The molecule has 0 aliphatic carbocycles. The first-order valence-electron chi connectivity index (χ1n) is 7.30. The van der Waals surface area contributed by atoms with Crippen molar-refractivity contribution in [1.29, 1.82) is 0 Å². The molecule has 2 unspecified atom stereocenters. The van der Waals surface area contributed by atoms with Crippen LogP contribution in [0.4, 0.5) is 0 Å². The fraction of sp³-hybridized carbons (Fsp3) is 0.278. The van der Waals surface area contributed by atoms with Crippen LogP contribution in [0, 0.1) is 0 Å². The molecule has 0 spiro atoms. The van der Waals surface area contributed by atoms with E-state index >= 15 is 0 Å². The number of benzene rings is 2. The van der Waals surface area contributed by atoms with E-state index in [1.54, 1.807) is 0 Å². The Balaban J connectivity index is 0.00000176. The summed E-state index contributed by atoms with van der Waals surface area (Å²) >= 11 is 0. The van der Waals surface area contributed by atoms with Gasteiger partial charge in [-0.2, -0.15) is 0 Å². The summed E-state index contributed by atoms with van der Waals surface area (Å²) in [6.45, 7) is 2.62. The molecule has 1 heterocycles. The zero-order chi connectivity index (χ0) is 14.7. The van der Waals surface area contributed by atoms with E-state index in [-0.39, 0.29) is 30.3 Å². The molecule has 0 saturated heterocycles. The van der Waals surface area contributed by atoms with Crippen molar-refractivity contribution in [2.45, 2.75) is 25.4 Å². The molecule has 116 valence electrons. The number of para-hydroxylation sites is 1. The fourth-order valence-electron chi connectivity index (χ4n) is 2.70. The van der Waals surface area contributed by atoms with Gasteiger partial charge >= 0.3 is 0 Å². The molecule has 2 aromatic carbocycles. The Morgan fingerprint density at radius 3 is 2.55 bits per heavy atom. The van der Waals surface area contributed by atoms with E-state index in [2.05, 4.69) is 24.4 Å². The van der Waals surface area contributed by atoms with E-state index in [4.69, 9.17) is 4.74 Å². The summed E-state index contributed by atoms with van der Waals surface area (Å²) < 4.78 is 5.78. The number of carbonyl (C=O) groups is 1. The van der Waals surface area contributed by atoms with Crippen molar-refractivity contribution in [3.8, 4) is 5.75 Å². The smallest absolute Gasteiger partial charge is 0.168 e. The van der Waals surface area contributed by atoms with Crippen molar-refractivity contribution in [2.24, 2.45) is 0 Å². The molecule has 0 amide bonds. The molecule has 22 heavy (non-hydrogen) atoms. The maximum absolute atomic E-state index is 12.3. The average Bonchev–Trinajstić information content (AvgIpc) is 2.68. The van der Waals surface area contributed by atoms with Gasteiger partial charge in [0.25, 0.3) is 0 Å². The first-order chi connectivity index (χ1) is 10.2. The maximum Gasteiger partial charge on any atom is 0.168 e. The zero-order valence-electron chi connectivity index (χ0n) is 12.5. The minimum Gasteiger partial charge on any atom is -0.491 e. The molecule has 2 atom stereocenters. The van der Waals surface area contributed by atoms with Crippen LogP contribution in [-0.4, -0.2) is 18.4 Å². The van der Waals surface area contributed by atoms with E-state index in [1.165, 1.54) is 5.56 Å². The Morgan fingerprint density at radius 2 is 1.77 bits per heavy atom. The lowest BCUT2D eigenvalue weighted by molar-refractivity contribution is 0.0969. The monoisotopic (exact) mass is 317 g/mol. The van der Waals surface area contributed by atoms with Gasteiger partial charge in [0.15, 0.2) is 5.78 Å². The number of Topliss-reactive ketones (excluding diaryl/α,β-unsaturated/α-hetero) is 1. The van der Waals surface area contributed by atoms with Crippen molar-refractivity contribution in [2.75, 3.05) is 6.61 Å². The van der Waals surface area contributed by atoms with Gasteiger partial charge < -0.3 is 10.1 Å². The van der Waals surface area contributed by atoms with Crippen molar-refractivity contribution in [3.05, 3.63) is 65.7 Å². The zero-order valence-corrected chi connectivity index (χ0v) is 13.3. The van der Waals surface area contributed by atoms with Gasteiger partial charge in [0.1, 0.15) is 12.4 Å². The number of hydrogen-bond acceptors (Lipinski definition) is 3. The van der Waals surface area contributed by atoms with Crippen LogP contribution < -0.4 is 10.1 Å². The number of hydrogen-bond donors (Lipinski definition) is 1. The van der Waals surface area contributed by atoms with Gasteiger partial charge in [-0.25, -0.2) is 0 Å². The third-order valence-electron chi connectivity index (χ3n) is 3.84. The van der Waals surface area contributed by atoms with Crippen LogP contribution >= 0.6 is 12.4 Å². The van der Waals surface area contributed by atoms with Crippen LogP contribution in [0.25, 0.3) is 0 Å². The third kappa shape index (κ3) is 3.67. The predicted octanol–water partition coefficient (Wildman–Crippen LogP) is 3.79. The van der Waals surface area contributed by atoms with E-state index < -0.39 is 0 Å². The highest BCUT2D eigenvalue weighted by Crippen LogP contribution is 2.24. The molecule has 0 radical (unpaired) electrons. The minimum absolute atomic E-state index is 0. The second-order valence-electron chi connectivity index (χ2n) is 5.43. The van der Waals surface area contributed by atoms with Crippen molar-refractivity contribution < 1.29 is 9.53 Å². The first kappa shape index (κ1) is 16.5. The Hall–Kier alpha value is -1.84. The van der Waals surface area contributed by atoms with Gasteiger partial charge in [0.2, 0.25) is 0 Å². The van der Waals surface area contributed by atoms with Gasteiger partial charge in [-0.15, -0.1) is 12.4 Å². The summed E-state index contributed by atoms with van der Waals surface area (Å²) in [7, 11) is 0. The molecule has 1 aliphatic heterocycles. The predicted molar refractivity (Wildman–Crippen MR) is 89.9 cm³/mol. The molecule has 3 nitrogen and oxygen atoms in total. The molecular weight excluding hydrogens is 298 g/mol. The van der Waals surface area contributed by atoms with Gasteiger partial charge in [-0.3, -0.25) is 4.79 Å². The highest BCUT2D eigenvalue weighted by atomic mass is 35.5. The lowest BCUT2D eigenvalue weighted by Gasteiger charge is -2.21. The largest absolute Gasteiger partial charge is 0.491 e. The average molecular weight is 318 g/mol. The van der Waals surface area contributed by atoms with Crippen LogP contribution in [0.5, 0.6) is 5.75 Å². The number of rotatable bonds is 3. The van der Waals surface area contributed by atoms with Crippen molar-refractivity contribution in [1.82, 2.24) is 5.32 Å². The highest BCUT2D eigenvalue weighted by molar-refractivity contribution is 5.99. The standard InChI is InChI=1S/C18H19NO2.ClH/c1-13(14-7-3-2-4-8-14)19-15-11-17(20)16-9-5-6-10-18(16)21-12-15;/h2-10,13,15,19H,11-12H2,1H3;1H. The summed E-state index contributed by atoms with van der Waals surface area (Å²) in [5.41, 5.74) is 1.90. The summed E-state index contributed by atoms with van der Waals surface area (Å²) in [6, 6.07) is 17.9. The summed E-state index contributed by atoms with van der Waals surface area (Å²) in [6.07, 6.45) is 0.466.